The lowest BCUT2D eigenvalue weighted by Gasteiger charge is -2.18. The Labute approximate surface area is 516 Å². The second-order valence-electron chi connectivity index (χ2n) is 24.5. The minimum atomic E-state index is -0.782. The quantitative estimate of drug-likeness (QED) is 0.0261. The van der Waals surface area contributed by atoms with Gasteiger partial charge in [0.25, 0.3) is 0 Å². The van der Waals surface area contributed by atoms with Gasteiger partial charge in [0.1, 0.15) is 13.2 Å². The number of rotatable bonds is 67. The smallest absolute Gasteiger partial charge is 0.306 e. The van der Waals surface area contributed by atoms with Gasteiger partial charge in [-0.1, -0.05) is 344 Å². The zero-order chi connectivity index (χ0) is 59.9. The Morgan fingerprint density at radius 1 is 0.253 bits per heavy atom. The number of carbonyl (C=O) groups excluding carboxylic acids is 3. The normalized spacial score (nSPS) is 12.5. The summed E-state index contributed by atoms with van der Waals surface area (Å²) in [6, 6.07) is 0. The number of allylic oxidation sites excluding steroid dienone is 12. The minimum Gasteiger partial charge on any atom is -0.462 e. The van der Waals surface area contributed by atoms with Crippen LogP contribution in [0.4, 0.5) is 0 Å². The average Bonchev–Trinajstić information content (AvgIpc) is 3.49. The van der Waals surface area contributed by atoms with Crippen molar-refractivity contribution in [2.24, 2.45) is 0 Å². The molecular weight excluding hydrogens is 1020 g/mol. The molecule has 6 heteroatoms. The summed E-state index contributed by atoms with van der Waals surface area (Å²) in [5, 5.41) is 0. The third-order valence-corrected chi connectivity index (χ3v) is 16.2. The fraction of sp³-hybridized carbons (Fsp3) is 0.805. The maximum atomic E-state index is 13.0. The van der Waals surface area contributed by atoms with E-state index in [1.165, 1.54) is 244 Å². The monoisotopic (exact) mass is 1160 g/mol. The molecule has 6 nitrogen and oxygen atoms in total. The SMILES string of the molecule is CC/C=C\C/C=C\C/C=C\C/C=C\C/C=C\CCCCCCCCCC(=O)OC(COC(=O)CCCCCCCCCCCCCCC/C=C\CCCCCCCCCC)COC(=O)CCCCCCCCCCCCCCCCCCC. The third-order valence-electron chi connectivity index (χ3n) is 16.2. The summed E-state index contributed by atoms with van der Waals surface area (Å²) in [5.41, 5.74) is 0. The summed E-state index contributed by atoms with van der Waals surface area (Å²) in [7, 11) is 0. The van der Waals surface area contributed by atoms with E-state index >= 15 is 0 Å². The molecule has 1 unspecified atom stereocenters. The molecule has 0 heterocycles. The van der Waals surface area contributed by atoms with Gasteiger partial charge >= 0.3 is 17.9 Å². The summed E-state index contributed by atoms with van der Waals surface area (Å²) < 4.78 is 17.0. The Hall–Kier alpha value is -3.15. The molecule has 1 atom stereocenters. The van der Waals surface area contributed by atoms with E-state index in [4.69, 9.17) is 14.2 Å². The van der Waals surface area contributed by atoms with Crippen LogP contribution >= 0.6 is 0 Å². The van der Waals surface area contributed by atoms with Crippen molar-refractivity contribution in [3.63, 3.8) is 0 Å². The van der Waals surface area contributed by atoms with Crippen LogP contribution in [0.15, 0.2) is 72.9 Å². The predicted octanol–water partition coefficient (Wildman–Crippen LogP) is 25.2. The van der Waals surface area contributed by atoms with Gasteiger partial charge in [-0.25, -0.2) is 0 Å². The van der Waals surface area contributed by atoms with Crippen LogP contribution in [0.3, 0.4) is 0 Å². The first-order valence-corrected chi connectivity index (χ1v) is 36.4. The molecule has 482 valence electrons. The molecule has 0 saturated heterocycles. The first-order chi connectivity index (χ1) is 41.0. The van der Waals surface area contributed by atoms with Crippen molar-refractivity contribution in [1.29, 1.82) is 0 Å². The van der Waals surface area contributed by atoms with Gasteiger partial charge in [0.2, 0.25) is 0 Å². The van der Waals surface area contributed by atoms with E-state index in [1.54, 1.807) is 0 Å². The number of unbranched alkanes of at least 4 members (excludes halogenated alkanes) is 44. The van der Waals surface area contributed by atoms with E-state index in [1.807, 2.05) is 0 Å². The van der Waals surface area contributed by atoms with Crippen molar-refractivity contribution in [2.75, 3.05) is 13.2 Å². The van der Waals surface area contributed by atoms with E-state index in [0.717, 1.165) is 96.3 Å². The van der Waals surface area contributed by atoms with Gasteiger partial charge in [0.15, 0.2) is 6.10 Å². The first-order valence-electron chi connectivity index (χ1n) is 36.4. The molecule has 0 aromatic rings. The molecule has 0 aliphatic carbocycles. The second-order valence-corrected chi connectivity index (χ2v) is 24.5. The molecule has 0 N–H and O–H groups in total. The van der Waals surface area contributed by atoms with Crippen LogP contribution in [0.1, 0.15) is 380 Å². The molecule has 0 rings (SSSR count). The highest BCUT2D eigenvalue weighted by atomic mass is 16.6. The highest BCUT2D eigenvalue weighted by molar-refractivity contribution is 5.71. The molecule has 83 heavy (non-hydrogen) atoms. The van der Waals surface area contributed by atoms with E-state index in [-0.39, 0.29) is 31.1 Å². The molecule has 0 aliphatic heterocycles. The lowest BCUT2D eigenvalue weighted by Crippen LogP contribution is -2.30. The van der Waals surface area contributed by atoms with Crippen LogP contribution in [0.25, 0.3) is 0 Å². The number of hydrogen-bond donors (Lipinski definition) is 0. The van der Waals surface area contributed by atoms with Gasteiger partial charge in [-0.15, -0.1) is 0 Å². The summed E-state index contributed by atoms with van der Waals surface area (Å²) >= 11 is 0. The number of carbonyl (C=O) groups is 3. The van der Waals surface area contributed by atoms with Crippen molar-refractivity contribution in [2.45, 2.75) is 386 Å². The molecule has 0 aromatic carbocycles. The molecule has 0 bridgehead atoms. The van der Waals surface area contributed by atoms with Gasteiger partial charge in [-0.05, 0) is 89.9 Å². The van der Waals surface area contributed by atoms with E-state index in [9.17, 15) is 14.4 Å². The molecular formula is C77H138O6. The predicted molar refractivity (Wildman–Crippen MR) is 362 cm³/mol. The lowest BCUT2D eigenvalue weighted by molar-refractivity contribution is -0.167. The topological polar surface area (TPSA) is 78.9 Å². The zero-order valence-corrected chi connectivity index (χ0v) is 55.5. The largest absolute Gasteiger partial charge is 0.462 e. The maximum Gasteiger partial charge on any atom is 0.306 e. The fourth-order valence-corrected chi connectivity index (χ4v) is 10.8. The Morgan fingerprint density at radius 3 is 0.747 bits per heavy atom. The second kappa shape index (κ2) is 71.3. The standard InChI is InChI=1S/C77H138O6/c1-4-7-10-13-16-19-22-25-28-31-33-35-37-38-40-41-43-46-49-52-55-58-61-64-67-70-76(79)82-73-74(72-81-75(78)69-66-63-60-57-54-51-48-45-30-27-24-21-18-15-12-9-6-3)83-77(80)71-68-65-62-59-56-53-50-47-44-42-39-36-34-32-29-26-23-20-17-14-11-8-5-2/h8,11,17,20,26,29,31,33-34,36,42,44,74H,4-7,9-10,12-16,18-19,21-25,27-28,30,32,35,37-41,43,45-73H2,1-3H3/b11-8-,20-17-,29-26-,33-31-,36-34-,44-42-. The van der Waals surface area contributed by atoms with Crippen molar-refractivity contribution >= 4 is 17.9 Å². The van der Waals surface area contributed by atoms with Crippen LogP contribution in [0.5, 0.6) is 0 Å². The van der Waals surface area contributed by atoms with Crippen LogP contribution in [-0.4, -0.2) is 37.2 Å². The molecule has 0 fully saturated rings. The Balaban J connectivity index is 4.34. The highest BCUT2D eigenvalue weighted by Gasteiger charge is 2.19. The molecule has 0 amide bonds. The molecule has 0 aromatic heterocycles. The Kier molecular flexibility index (Phi) is 68.6. The Morgan fingerprint density at radius 2 is 0.470 bits per heavy atom. The van der Waals surface area contributed by atoms with Crippen LogP contribution in [0, 0.1) is 0 Å². The highest BCUT2D eigenvalue weighted by Crippen LogP contribution is 2.18. The van der Waals surface area contributed by atoms with Gasteiger partial charge in [0.05, 0.1) is 0 Å². The van der Waals surface area contributed by atoms with Crippen molar-refractivity contribution in [1.82, 2.24) is 0 Å². The van der Waals surface area contributed by atoms with Crippen LogP contribution < -0.4 is 0 Å². The number of esters is 3. The van der Waals surface area contributed by atoms with Crippen molar-refractivity contribution in [3.05, 3.63) is 72.9 Å². The van der Waals surface area contributed by atoms with Crippen molar-refractivity contribution in [3.8, 4) is 0 Å². The Bertz CT molecular complexity index is 1520. The summed E-state index contributed by atoms with van der Waals surface area (Å²) in [4.78, 5) is 38.5. The lowest BCUT2D eigenvalue weighted by atomic mass is 10.0. The van der Waals surface area contributed by atoms with Crippen LogP contribution in [0.2, 0.25) is 0 Å². The first kappa shape index (κ1) is 79.8. The number of ether oxygens (including phenoxy) is 3. The maximum absolute atomic E-state index is 13.0. The van der Waals surface area contributed by atoms with Crippen molar-refractivity contribution < 1.29 is 28.6 Å². The molecule has 0 spiro atoms. The molecule has 0 radical (unpaired) electrons. The van der Waals surface area contributed by atoms with E-state index in [0.29, 0.717) is 19.3 Å². The summed E-state index contributed by atoms with van der Waals surface area (Å²) in [5.74, 6) is -0.862. The van der Waals surface area contributed by atoms with E-state index in [2.05, 4.69) is 93.7 Å². The molecule has 0 saturated carbocycles. The van der Waals surface area contributed by atoms with Gasteiger partial charge in [-0.2, -0.15) is 0 Å². The third kappa shape index (κ3) is 69.5. The van der Waals surface area contributed by atoms with Gasteiger partial charge in [0, 0.05) is 19.3 Å². The van der Waals surface area contributed by atoms with Crippen LogP contribution in [-0.2, 0) is 28.6 Å². The zero-order valence-electron chi connectivity index (χ0n) is 55.5. The van der Waals surface area contributed by atoms with E-state index < -0.39 is 6.10 Å². The van der Waals surface area contributed by atoms with Gasteiger partial charge < -0.3 is 14.2 Å². The summed E-state index contributed by atoms with van der Waals surface area (Å²) in [6.45, 7) is 6.58. The number of hydrogen-bond acceptors (Lipinski definition) is 6. The average molecular weight is 1160 g/mol. The molecule has 0 aliphatic rings. The minimum absolute atomic E-state index is 0.0756. The van der Waals surface area contributed by atoms with Gasteiger partial charge in [-0.3, -0.25) is 14.4 Å². The summed E-state index contributed by atoms with van der Waals surface area (Å²) in [6.07, 6.45) is 93.6. The fourth-order valence-electron chi connectivity index (χ4n) is 10.8.